The average molecular weight is 320 g/mol. The Morgan fingerprint density at radius 2 is 1.81 bits per heavy atom. The Hall–Kier alpha value is -1.37. The molecule has 0 aliphatic carbocycles. The van der Waals surface area contributed by atoms with E-state index in [0.717, 1.165) is 16.9 Å². The topological polar surface area (TPSA) is 50.3 Å². The van der Waals surface area contributed by atoms with Gasteiger partial charge in [0.25, 0.3) is 0 Å². The minimum absolute atomic E-state index is 0.167. The Morgan fingerprint density at radius 3 is 2.48 bits per heavy atom. The summed E-state index contributed by atoms with van der Waals surface area (Å²) in [6.07, 6.45) is 3.40. The average Bonchev–Trinajstić information content (AvgIpc) is 2.99. The molecule has 1 unspecified atom stereocenters. The van der Waals surface area contributed by atoms with Crippen molar-refractivity contribution in [2.45, 2.75) is 17.2 Å². The number of nitrogens with zero attached hydrogens (tertiary/aromatic N) is 2. The molecule has 0 saturated carbocycles. The molecule has 1 saturated heterocycles. The number of thioether (sulfide) groups is 1. The summed E-state index contributed by atoms with van der Waals surface area (Å²) >= 11 is 1.65. The smallest absolute Gasteiger partial charge is 0.244 e. The molecule has 0 amide bonds. The van der Waals surface area contributed by atoms with Crippen LogP contribution in [0.15, 0.2) is 53.7 Å². The molecule has 3 rings (SSSR count). The van der Waals surface area contributed by atoms with Gasteiger partial charge in [0.15, 0.2) is 0 Å². The zero-order valence-corrected chi connectivity index (χ0v) is 13.3. The van der Waals surface area contributed by atoms with Crippen molar-refractivity contribution < 1.29 is 8.42 Å². The van der Waals surface area contributed by atoms with Gasteiger partial charge in [-0.05, 0) is 36.8 Å². The van der Waals surface area contributed by atoms with Crippen molar-refractivity contribution >= 4 is 21.8 Å². The van der Waals surface area contributed by atoms with Crippen LogP contribution in [0.5, 0.6) is 0 Å². The third-order valence-electron chi connectivity index (χ3n) is 3.47. The Labute approximate surface area is 129 Å². The van der Waals surface area contributed by atoms with Crippen LogP contribution in [-0.2, 0) is 10.0 Å². The van der Waals surface area contributed by atoms with Crippen LogP contribution in [0.2, 0.25) is 0 Å². The zero-order valence-electron chi connectivity index (χ0n) is 11.6. The summed E-state index contributed by atoms with van der Waals surface area (Å²) in [7, 11) is -3.46. The molecule has 1 aromatic carbocycles. The maximum atomic E-state index is 12.8. The summed E-state index contributed by atoms with van der Waals surface area (Å²) in [6, 6.07) is 10.8. The van der Waals surface area contributed by atoms with Crippen molar-refractivity contribution in [2.24, 2.45) is 0 Å². The third-order valence-corrected chi connectivity index (χ3v) is 6.74. The predicted octanol–water partition coefficient (Wildman–Crippen LogP) is 2.83. The van der Waals surface area contributed by atoms with Gasteiger partial charge >= 0.3 is 0 Å². The van der Waals surface area contributed by atoms with Crippen LogP contribution in [0, 0.1) is 6.92 Å². The van der Waals surface area contributed by atoms with E-state index >= 15 is 0 Å². The summed E-state index contributed by atoms with van der Waals surface area (Å²) in [5.41, 5.74) is 2.03. The van der Waals surface area contributed by atoms with E-state index < -0.39 is 10.0 Å². The van der Waals surface area contributed by atoms with Gasteiger partial charge in [-0.15, -0.1) is 11.8 Å². The molecule has 0 radical (unpaired) electrons. The van der Waals surface area contributed by atoms with E-state index in [4.69, 9.17) is 0 Å². The van der Waals surface area contributed by atoms with Crippen LogP contribution in [0.25, 0.3) is 0 Å². The van der Waals surface area contributed by atoms with E-state index in [0.29, 0.717) is 11.4 Å². The first-order valence-corrected chi connectivity index (χ1v) is 9.18. The first kappa shape index (κ1) is 14.6. The van der Waals surface area contributed by atoms with Gasteiger partial charge in [-0.2, -0.15) is 4.31 Å². The van der Waals surface area contributed by atoms with Gasteiger partial charge < -0.3 is 0 Å². The Bertz CT molecular complexity index is 715. The van der Waals surface area contributed by atoms with Gasteiger partial charge in [-0.25, -0.2) is 8.42 Å². The summed E-state index contributed by atoms with van der Waals surface area (Å²) in [6.45, 7) is 2.48. The second-order valence-corrected chi connectivity index (χ2v) is 8.01. The predicted molar refractivity (Wildman–Crippen MR) is 84.5 cm³/mol. The molecule has 2 aromatic rings. The molecule has 0 N–H and O–H groups in total. The van der Waals surface area contributed by atoms with Crippen LogP contribution < -0.4 is 0 Å². The number of aryl methyl sites for hydroxylation is 1. The highest BCUT2D eigenvalue weighted by Crippen LogP contribution is 2.41. The molecule has 6 heteroatoms. The van der Waals surface area contributed by atoms with Crippen LogP contribution in [0.3, 0.4) is 0 Å². The molecule has 2 heterocycles. The molecule has 1 aliphatic heterocycles. The van der Waals surface area contributed by atoms with Crippen molar-refractivity contribution in [1.82, 2.24) is 9.29 Å². The maximum Gasteiger partial charge on any atom is 0.244 e. The van der Waals surface area contributed by atoms with E-state index in [2.05, 4.69) is 4.98 Å². The zero-order chi connectivity index (χ0) is 14.9. The third kappa shape index (κ3) is 2.84. The Kier molecular flexibility index (Phi) is 4.01. The fraction of sp³-hybridized carbons (Fsp3) is 0.267. The van der Waals surface area contributed by atoms with E-state index in [9.17, 15) is 8.42 Å². The number of hydrogen-bond donors (Lipinski definition) is 0. The minimum Gasteiger partial charge on any atom is -0.265 e. The summed E-state index contributed by atoms with van der Waals surface area (Å²) in [5, 5.41) is -0.167. The highest BCUT2D eigenvalue weighted by atomic mass is 32.2. The van der Waals surface area contributed by atoms with E-state index in [-0.39, 0.29) is 5.37 Å². The molecule has 1 fully saturated rings. The van der Waals surface area contributed by atoms with Gasteiger partial charge in [0.2, 0.25) is 10.0 Å². The molecule has 21 heavy (non-hydrogen) atoms. The van der Waals surface area contributed by atoms with Gasteiger partial charge in [0.05, 0.1) is 10.3 Å². The molecular formula is C15H16N2O2S2. The first-order chi connectivity index (χ1) is 10.1. The molecule has 0 bridgehead atoms. The molecule has 4 nitrogen and oxygen atoms in total. The first-order valence-electron chi connectivity index (χ1n) is 6.69. The number of hydrogen-bond acceptors (Lipinski definition) is 4. The number of sulfonamides is 1. The molecular weight excluding hydrogens is 304 g/mol. The van der Waals surface area contributed by atoms with Crippen molar-refractivity contribution in [3.05, 3.63) is 59.9 Å². The fourth-order valence-corrected chi connectivity index (χ4v) is 5.58. The maximum absolute atomic E-state index is 12.8. The molecule has 1 atom stereocenters. The highest BCUT2D eigenvalue weighted by molar-refractivity contribution is 8.01. The Morgan fingerprint density at radius 1 is 1.14 bits per heavy atom. The van der Waals surface area contributed by atoms with Crippen LogP contribution >= 0.6 is 11.8 Å². The van der Waals surface area contributed by atoms with Crippen molar-refractivity contribution in [1.29, 1.82) is 0 Å². The van der Waals surface area contributed by atoms with Crippen molar-refractivity contribution in [3.8, 4) is 0 Å². The lowest BCUT2D eigenvalue weighted by atomic mass is 10.2. The fourth-order valence-electron chi connectivity index (χ4n) is 2.34. The van der Waals surface area contributed by atoms with E-state index in [1.54, 1.807) is 40.6 Å². The lowest BCUT2D eigenvalue weighted by Crippen LogP contribution is -2.30. The largest absolute Gasteiger partial charge is 0.265 e. The van der Waals surface area contributed by atoms with Crippen molar-refractivity contribution in [3.63, 3.8) is 0 Å². The lowest BCUT2D eigenvalue weighted by Gasteiger charge is -2.23. The number of pyridine rings is 1. The lowest BCUT2D eigenvalue weighted by molar-refractivity contribution is 0.434. The van der Waals surface area contributed by atoms with Crippen LogP contribution in [0.1, 0.15) is 16.5 Å². The van der Waals surface area contributed by atoms with Gasteiger partial charge in [-0.1, -0.05) is 17.7 Å². The van der Waals surface area contributed by atoms with Gasteiger partial charge in [0.1, 0.15) is 0 Å². The monoisotopic (exact) mass is 320 g/mol. The van der Waals surface area contributed by atoms with Gasteiger partial charge in [0, 0.05) is 24.7 Å². The summed E-state index contributed by atoms with van der Waals surface area (Å²) in [4.78, 5) is 4.35. The Balaban J connectivity index is 1.96. The molecule has 1 aliphatic rings. The van der Waals surface area contributed by atoms with Crippen molar-refractivity contribution in [2.75, 3.05) is 12.3 Å². The van der Waals surface area contributed by atoms with E-state index in [1.165, 1.54) is 0 Å². The quantitative estimate of drug-likeness (QED) is 0.872. The normalized spacial score (nSPS) is 19.8. The number of rotatable bonds is 3. The standard InChI is InChI=1S/C15H16N2O2S2/c1-12-2-4-14(5-3-12)21(18,19)17-10-11-20-15(17)13-6-8-16-9-7-13/h2-9,15H,10-11H2,1H3. The molecule has 110 valence electrons. The second kappa shape index (κ2) is 5.79. The number of aromatic nitrogens is 1. The highest BCUT2D eigenvalue weighted by Gasteiger charge is 2.36. The summed E-state index contributed by atoms with van der Waals surface area (Å²) < 4.78 is 27.2. The van der Waals surface area contributed by atoms with Crippen LogP contribution in [0.4, 0.5) is 0 Å². The molecule has 0 spiro atoms. The molecule has 1 aromatic heterocycles. The number of benzene rings is 1. The SMILES string of the molecule is Cc1ccc(S(=O)(=O)N2CCSC2c2ccncc2)cc1. The minimum atomic E-state index is -3.46. The summed E-state index contributed by atoms with van der Waals surface area (Å²) in [5.74, 6) is 0.804. The van der Waals surface area contributed by atoms with Crippen LogP contribution in [-0.4, -0.2) is 30.0 Å². The van der Waals surface area contributed by atoms with E-state index in [1.807, 2.05) is 31.2 Å². The second-order valence-electron chi connectivity index (χ2n) is 4.93. The van der Waals surface area contributed by atoms with Gasteiger partial charge in [-0.3, -0.25) is 4.98 Å².